The first-order valence-corrected chi connectivity index (χ1v) is 5.75. The molecule has 0 aromatic carbocycles. The Morgan fingerprint density at radius 2 is 2.36 bits per heavy atom. The minimum Gasteiger partial charge on any atom is -0.251 e. The third kappa shape index (κ3) is 2.38. The summed E-state index contributed by atoms with van der Waals surface area (Å²) in [4.78, 5) is 0. The maximum Gasteiger partial charge on any atom is 0.0121 e. The summed E-state index contributed by atoms with van der Waals surface area (Å²) < 4.78 is 2.48. The van der Waals surface area contributed by atoms with Crippen molar-refractivity contribution in [2.45, 2.75) is 26.7 Å². The van der Waals surface area contributed by atoms with Crippen LogP contribution in [0.15, 0.2) is 0 Å². The molecule has 0 bridgehead atoms. The van der Waals surface area contributed by atoms with Gasteiger partial charge >= 0.3 is 0 Å². The molecule has 0 aromatic rings. The average molecular weight is 173 g/mol. The summed E-state index contributed by atoms with van der Waals surface area (Å²) in [5.41, 5.74) is 0. The zero-order valence-corrected chi connectivity index (χ0v) is 8.66. The number of hydrogen-bond acceptors (Lipinski definition) is 2. The van der Waals surface area contributed by atoms with Crippen molar-refractivity contribution in [3.05, 3.63) is 0 Å². The van der Waals surface area contributed by atoms with E-state index in [0.717, 1.165) is 11.8 Å². The molecule has 1 aliphatic heterocycles. The Balaban J connectivity index is 2.29. The predicted molar refractivity (Wildman–Crippen MR) is 52.7 cm³/mol. The van der Waals surface area contributed by atoms with E-state index in [1.807, 2.05) is 11.9 Å². The predicted octanol–water partition coefficient (Wildman–Crippen LogP) is 2.63. The Kier molecular flexibility index (Phi) is 3.73. The molecule has 0 amide bonds. The summed E-state index contributed by atoms with van der Waals surface area (Å²) >= 11 is 1.90. The minimum absolute atomic E-state index is 0.923. The second kappa shape index (κ2) is 4.36. The van der Waals surface area contributed by atoms with Crippen molar-refractivity contribution in [3.8, 4) is 0 Å². The first-order chi connectivity index (χ1) is 5.27. The Morgan fingerprint density at radius 1 is 1.64 bits per heavy atom. The molecule has 0 spiro atoms. The van der Waals surface area contributed by atoms with Crippen LogP contribution in [0.2, 0.25) is 0 Å². The molecule has 1 aliphatic rings. The van der Waals surface area contributed by atoms with E-state index >= 15 is 0 Å². The second-order valence-electron chi connectivity index (χ2n) is 3.50. The molecule has 11 heavy (non-hydrogen) atoms. The van der Waals surface area contributed by atoms with Crippen molar-refractivity contribution < 1.29 is 0 Å². The van der Waals surface area contributed by atoms with Crippen LogP contribution < -0.4 is 0 Å². The summed E-state index contributed by atoms with van der Waals surface area (Å²) in [5.74, 6) is 1.89. The van der Waals surface area contributed by atoms with Crippen molar-refractivity contribution in [1.82, 2.24) is 4.31 Å². The van der Waals surface area contributed by atoms with Gasteiger partial charge in [0.15, 0.2) is 0 Å². The zero-order valence-electron chi connectivity index (χ0n) is 7.84. The van der Waals surface area contributed by atoms with Gasteiger partial charge in [-0.1, -0.05) is 32.2 Å². The first-order valence-electron chi connectivity index (χ1n) is 4.57. The molecule has 1 saturated heterocycles. The quantitative estimate of drug-likeness (QED) is 0.604. The minimum atomic E-state index is 0.923. The van der Waals surface area contributed by atoms with Gasteiger partial charge in [-0.25, -0.2) is 0 Å². The van der Waals surface area contributed by atoms with Gasteiger partial charge in [0.2, 0.25) is 0 Å². The Bertz CT molecular complexity index is 116. The molecule has 0 radical (unpaired) electrons. The lowest BCUT2D eigenvalue weighted by Crippen LogP contribution is -2.15. The molecule has 2 atom stereocenters. The van der Waals surface area contributed by atoms with E-state index in [2.05, 4.69) is 24.4 Å². The SMILES string of the molecule is CCC(C)C1CCN(SC)C1. The molecule has 1 rings (SSSR count). The van der Waals surface area contributed by atoms with Crippen LogP contribution >= 0.6 is 11.9 Å². The lowest BCUT2D eigenvalue weighted by molar-refractivity contribution is 0.363. The van der Waals surface area contributed by atoms with Gasteiger partial charge in [-0.2, -0.15) is 0 Å². The van der Waals surface area contributed by atoms with Crippen LogP contribution in [0.4, 0.5) is 0 Å². The van der Waals surface area contributed by atoms with Crippen molar-refractivity contribution in [1.29, 1.82) is 0 Å². The van der Waals surface area contributed by atoms with Gasteiger partial charge < -0.3 is 0 Å². The van der Waals surface area contributed by atoms with E-state index in [1.54, 1.807) is 0 Å². The smallest absolute Gasteiger partial charge is 0.0121 e. The van der Waals surface area contributed by atoms with Gasteiger partial charge in [0, 0.05) is 13.1 Å². The van der Waals surface area contributed by atoms with Crippen molar-refractivity contribution in [3.63, 3.8) is 0 Å². The molecule has 1 fully saturated rings. The van der Waals surface area contributed by atoms with E-state index in [0.29, 0.717) is 0 Å². The molecule has 0 aromatic heterocycles. The zero-order chi connectivity index (χ0) is 8.27. The van der Waals surface area contributed by atoms with Crippen LogP contribution in [0.5, 0.6) is 0 Å². The van der Waals surface area contributed by atoms with Crippen LogP contribution in [-0.2, 0) is 0 Å². The molecular formula is C9H19NS. The highest BCUT2D eigenvalue weighted by molar-refractivity contribution is 7.96. The molecule has 1 heterocycles. The van der Waals surface area contributed by atoms with Crippen LogP contribution in [-0.4, -0.2) is 23.7 Å². The maximum atomic E-state index is 2.48. The highest BCUT2D eigenvalue weighted by Crippen LogP contribution is 2.28. The third-order valence-electron chi connectivity index (χ3n) is 2.89. The Morgan fingerprint density at radius 3 is 2.82 bits per heavy atom. The average Bonchev–Trinajstić information content (AvgIpc) is 2.50. The Labute approximate surface area is 74.7 Å². The lowest BCUT2D eigenvalue weighted by atomic mass is 9.91. The van der Waals surface area contributed by atoms with E-state index in [-0.39, 0.29) is 0 Å². The third-order valence-corrected chi connectivity index (χ3v) is 3.74. The van der Waals surface area contributed by atoms with E-state index in [9.17, 15) is 0 Å². The molecule has 0 saturated carbocycles. The van der Waals surface area contributed by atoms with Gasteiger partial charge in [0.1, 0.15) is 0 Å². The molecule has 2 heteroatoms. The number of rotatable bonds is 3. The molecular weight excluding hydrogens is 154 g/mol. The van der Waals surface area contributed by atoms with Crippen LogP contribution in [0.3, 0.4) is 0 Å². The largest absolute Gasteiger partial charge is 0.251 e. The fourth-order valence-corrected chi connectivity index (χ4v) is 2.35. The van der Waals surface area contributed by atoms with Crippen molar-refractivity contribution in [2.75, 3.05) is 19.3 Å². The molecule has 1 nitrogen and oxygen atoms in total. The summed E-state index contributed by atoms with van der Waals surface area (Å²) in [6.07, 6.45) is 4.93. The molecule has 66 valence electrons. The lowest BCUT2D eigenvalue weighted by Gasteiger charge is -2.17. The van der Waals surface area contributed by atoms with Gasteiger partial charge in [-0.05, 0) is 24.5 Å². The number of hydrogen-bond donors (Lipinski definition) is 0. The molecule has 2 unspecified atom stereocenters. The first kappa shape index (κ1) is 9.40. The fourth-order valence-electron chi connectivity index (χ4n) is 1.72. The summed E-state index contributed by atoms with van der Waals surface area (Å²) in [5, 5.41) is 0. The van der Waals surface area contributed by atoms with Crippen molar-refractivity contribution in [2.24, 2.45) is 11.8 Å². The summed E-state index contributed by atoms with van der Waals surface area (Å²) in [6, 6.07) is 0. The topological polar surface area (TPSA) is 3.24 Å². The van der Waals surface area contributed by atoms with Gasteiger partial charge in [-0.15, -0.1) is 0 Å². The maximum absolute atomic E-state index is 2.48. The van der Waals surface area contributed by atoms with Gasteiger partial charge in [-0.3, -0.25) is 4.31 Å². The fraction of sp³-hybridized carbons (Fsp3) is 1.00. The molecule has 0 aliphatic carbocycles. The highest BCUT2D eigenvalue weighted by Gasteiger charge is 2.25. The molecule has 0 N–H and O–H groups in total. The van der Waals surface area contributed by atoms with Gasteiger partial charge in [0.25, 0.3) is 0 Å². The normalized spacial score (nSPS) is 29.2. The second-order valence-corrected chi connectivity index (χ2v) is 4.39. The van der Waals surface area contributed by atoms with E-state index in [4.69, 9.17) is 0 Å². The van der Waals surface area contributed by atoms with Crippen LogP contribution in [0.25, 0.3) is 0 Å². The van der Waals surface area contributed by atoms with E-state index in [1.165, 1.54) is 25.9 Å². The van der Waals surface area contributed by atoms with E-state index < -0.39 is 0 Å². The standard InChI is InChI=1S/C9H19NS/c1-4-8(2)9-5-6-10(7-9)11-3/h8-9H,4-7H2,1-3H3. The highest BCUT2D eigenvalue weighted by atomic mass is 32.2. The Hall–Kier alpha value is 0.310. The van der Waals surface area contributed by atoms with Crippen molar-refractivity contribution >= 4 is 11.9 Å². The summed E-state index contributed by atoms with van der Waals surface area (Å²) in [6.45, 7) is 7.30. The monoisotopic (exact) mass is 173 g/mol. The van der Waals surface area contributed by atoms with Crippen LogP contribution in [0.1, 0.15) is 26.7 Å². The van der Waals surface area contributed by atoms with Gasteiger partial charge in [0.05, 0.1) is 0 Å². The summed E-state index contributed by atoms with van der Waals surface area (Å²) in [7, 11) is 0. The number of nitrogens with zero attached hydrogens (tertiary/aromatic N) is 1. The van der Waals surface area contributed by atoms with Crippen LogP contribution in [0, 0.1) is 11.8 Å².